The molecule has 0 aliphatic carbocycles. The van der Waals surface area contributed by atoms with Gasteiger partial charge in [0.05, 0.1) is 20.1 Å². The molecule has 0 atom stereocenters. The molecule has 2 aromatic carbocycles. The summed E-state index contributed by atoms with van der Waals surface area (Å²) in [5, 5.41) is 2.92. The molecule has 1 amide bonds. The fourth-order valence-corrected chi connectivity index (χ4v) is 2.10. The SMILES string of the molecule is CCOc1ccc(CNC(=O)Cc2cccc(OC)c2)cc1. The molecular weight excluding hydrogens is 278 g/mol. The van der Waals surface area contributed by atoms with Crippen LogP contribution in [0.5, 0.6) is 11.5 Å². The van der Waals surface area contributed by atoms with Crippen LogP contribution in [0.1, 0.15) is 18.1 Å². The normalized spacial score (nSPS) is 10.1. The Morgan fingerprint density at radius 1 is 1.05 bits per heavy atom. The van der Waals surface area contributed by atoms with E-state index >= 15 is 0 Å². The van der Waals surface area contributed by atoms with Gasteiger partial charge in [0.15, 0.2) is 0 Å². The molecule has 2 aromatic rings. The van der Waals surface area contributed by atoms with Crippen molar-refractivity contribution in [2.45, 2.75) is 19.9 Å². The minimum atomic E-state index is -0.0119. The average Bonchev–Trinajstić information content (AvgIpc) is 2.55. The molecule has 0 aliphatic rings. The second kappa shape index (κ2) is 8.08. The molecule has 4 nitrogen and oxygen atoms in total. The van der Waals surface area contributed by atoms with Crippen molar-refractivity contribution in [1.29, 1.82) is 0 Å². The van der Waals surface area contributed by atoms with Crippen molar-refractivity contribution in [2.75, 3.05) is 13.7 Å². The highest BCUT2D eigenvalue weighted by molar-refractivity contribution is 5.78. The first-order valence-electron chi connectivity index (χ1n) is 7.32. The van der Waals surface area contributed by atoms with Crippen LogP contribution in [0.4, 0.5) is 0 Å². The zero-order chi connectivity index (χ0) is 15.8. The third-order valence-electron chi connectivity index (χ3n) is 3.22. The number of ether oxygens (including phenoxy) is 2. The zero-order valence-electron chi connectivity index (χ0n) is 13.0. The van der Waals surface area contributed by atoms with Crippen LogP contribution in [0, 0.1) is 0 Å². The lowest BCUT2D eigenvalue weighted by Gasteiger charge is -2.08. The smallest absolute Gasteiger partial charge is 0.224 e. The Hall–Kier alpha value is -2.49. The molecule has 0 aromatic heterocycles. The topological polar surface area (TPSA) is 47.6 Å². The molecule has 0 unspecified atom stereocenters. The lowest BCUT2D eigenvalue weighted by molar-refractivity contribution is -0.120. The molecule has 1 N–H and O–H groups in total. The summed E-state index contributed by atoms with van der Waals surface area (Å²) in [6, 6.07) is 15.3. The molecule has 0 spiro atoms. The van der Waals surface area contributed by atoms with Gasteiger partial charge < -0.3 is 14.8 Å². The van der Waals surface area contributed by atoms with Crippen LogP contribution in [0.3, 0.4) is 0 Å². The highest BCUT2D eigenvalue weighted by Gasteiger charge is 2.04. The van der Waals surface area contributed by atoms with E-state index in [9.17, 15) is 4.79 Å². The van der Waals surface area contributed by atoms with Crippen LogP contribution in [0.25, 0.3) is 0 Å². The summed E-state index contributed by atoms with van der Waals surface area (Å²) in [5.41, 5.74) is 1.98. The third kappa shape index (κ3) is 4.81. The van der Waals surface area contributed by atoms with E-state index in [1.54, 1.807) is 7.11 Å². The number of nitrogens with one attached hydrogen (secondary N) is 1. The molecule has 22 heavy (non-hydrogen) atoms. The van der Waals surface area contributed by atoms with Gasteiger partial charge in [-0.05, 0) is 42.3 Å². The Kier molecular flexibility index (Phi) is 5.83. The molecule has 2 rings (SSSR count). The highest BCUT2D eigenvalue weighted by atomic mass is 16.5. The molecular formula is C18H21NO3. The van der Waals surface area contributed by atoms with Gasteiger partial charge in [0.25, 0.3) is 0 Å². The number of hydrogen-bond donors (Lipinski definition) is 1. The predicted octanol–water partition coefficient (Wildman–Crippen LogP) is 2.95. The Morgan fingerprint density at radius 3 is 2.50 bits per heavy atom. The maximum Gasteiger partial charge on any atom is 0.224 e. The van der Waals surface area contributed by atoms with E-state index in [0.29, 0.717) is 19.6 Å². The summed E-state index contributed by atoms with van der Waals surface area (Å²) < 4.78 is 10.5. The van der Waals surface area contributed by atoms with E-state index in [-0.39, 0.29) is 5.91 Å². The van der Waals surface area contributed by atoms with E-state index in [1.807, 2.05) is 55.5 Å². The third-order valence-corrected chi connectivity index (χ3v) is 3.22. The van der Waals surface area contributed by atoms with Crippen LogP contribution in [0.15, 0.2) is 48.5 Å². The van der Waals surface area contributed by atoms with E-state index in [2.05, 4.69) is 5.32 Å². The maximum absolute atomic E-state index is 12.0. The van der Waals surface area contributed by atoms with Crippen LogP contribution in [-0.4, -0.2) is 19.6 Å². The lowest BCUT2D eigenvalue weighted by Crippen LogP contribution is -2.24. The molecule has 0 heterocycles. The van der Waals surface area contributed by atoms with Crippen molar-refractivity contribution in [2.24, 2.45) is 0 Å². The van der Waals surface area contributed by atoms with E-state index in [4.69, 9.17) is 9.47 Å². The van der Waals surface area contributed by atoms with Gasteiger partial charge in [-0.25, -0.2) is 0 Å². The summed E-state index contributed by atoms with van der Waals surface area (Å²) >= 11 is 0. The summed E-state index contributed by atoms with van der Waals surface area (Å²) in [6.45, 7) is 3.11. The Bertz CT molecular complexity index is 608. The number of hydrogen-bond acceptors (Lipinski definition) is 3. The van der Waals surface area contributed by atoms with Crippen LogP contribution in [-0.2, 0) is 17.8 Å². The number of methoxy groups -OCH3 is 1. The monoisotopic (exact) mass is 299 g/mol. The number of benzene rings is 2. The lowest BCUT2D eigenvalue weighted by atomic mass is 10.1. The van der Waals surface area contributed by atoms with Crippen LogP contribution < -0.4 is 14.8 Å². The standard InChI is InChI=1S/C18H21NO3/c1-3-22-16-9-7-14(8-10-16)13-19-18(20)12-15-5-4-6-17(11-15)21-2/h4-11H,3,12-13H2,1-2H3,(H,19,20). The van der Waals surface area contributed by atoms with Crippen molar-refractivity contribution in [3.05, 3.63) is 59.7 Å². The van der Waals surface area contributed by atoms with Gasteiger partial charge in [-0.2, -0.15) is 0 Å². The maximum atomic E-state index is 12.0. The van der Waals surface area contributed by atoms with E-state index in [0.717, 1.165) is 22.6 Å². The Labute approximate surface area is 131 Å². The first-order chi connectivity index (χ1) is 10.7. The molecule has 0 aliphatic heterocycles. The largest absolute Gasteiger partial charge is 0.497 e. The highest BCUT2D eigenvalue weighted by Crippen LogP contribution is 2.14. The van der Waals surface area contributed by atoms with Gasteiger partial charge in [0.1, 0.15) is 11.5 Å². The van der Waals surface area contributed by atoms with Crippen molar-refractivity contribution >= 4 is 5.91 Å². The van der Waals surface area contributed by atoms with Gasteiger partial charge in [0.2, 0.25) is 5.91 Å². The number of carbonyl (C=O) groups is 1. The van der Waals surface area contributed by atoms with Gasteiger partial charge in [-0.3, -0.25) is 4.79 Å². The average molecular weight is 299 g/mol. The van der Waals surface area contributed by atoms with Gasteiger partial charge in [-0.15, -0.1) is 0 Å². The molecule has 0 saturated heterocycles. The molecule has 0 radical (unpaired) electrons. The fraction of sp³-hybridized carbons (Fsp3) is 0.278. The Morgan fingerprint density at radius 2 is 1.82 bits per heavy atom. The second-order valence-corrected chi connectivity index (χ2v) is 4.88. The van der Waals surface area contributed by atoms with Crippen LogP contribution >= 0.6 is 0 Å². The summed E-state index contributed by atoms with van der Waals surface area (Å²) in [6.07, 6.45) is 0.341. The number of amides is 1. The van der Waals surface area contributed by atoms with Crippen molar-refractivity contribution in [3.63, 3.8) is 0 Å². The minimum Gasteiger partial charge on any atom is -0.497 e. The first kappa shape index (κ1) is 15.9. The summed E-state index contributed by atoms with van der Waals surface area (Å²) in [4.78, 5) is 12.0. The van der Waals surface area contributed by atoms with Crippen molar-refractivity contribution in [3.8, 4) is 11.5 Å². The number of rotatable bonds is 7. The first-order valence-corrected chi connectivity index (χ1v) is 7.32. The van der Waals surface area contributed by atoms with Gasteiger partial charge in [0, 0.05) is 6.54 Å². The second-order valence-electron chi connectivity index (χ2n) is 4.88. The zero-order valence-corrected chi connectivity index (χ0v) is 13.0. The van der Waals surface area contributed by atoms with E-state index < -0.39 is 0 Å². The molecule has 0 bridgehead atoms. The van der Waals surface area contributed by atoms with Gasteiger partial charge in [-0.1, -0.05) is 24.3 Å². The van der Waals surface area contributed by atoms with E-state index in [1.165, 1.54) is 0 Å². The Balaban J connectivity index is 1.84. The quantitative estimate of drug-likeness (QED) is 0.855. The summed E-state index contributed by atoms with van der Waals surface area (Å²) in [7, 11) is 1.62. The molecule has 0 fully saturated rings. The van der Waals surface area contributed by atoms with Crippen molar-refractivity contribution in [1.82, 2.24) is 5.32 Å². The number of carbonyl (C=O) groups excluding carboxylic acids is 1. The predicted molar refractivity (Wildman–Crippen MR) is 86.2 cm³/mol. The fourth-order valence-electron chi connectivity index (χ4n) is 2.10. The molecule has 116 valence electrons. The van der Waals surface area contributed by atoms with Crippen molar-refractivity contribution < 1.29 is 14.3 Å². The molecule has 0 saturated carbocycles. The van der Waals surface area contributed by atoms with Gasteiger partial charge >= 0.3 is 0 Å². The van der Waals surface area contributed by atoms with Crippen LogP contribution in [0.2, 0.25) is 0 Å². The molecule has 4 heteroatoms. The summed E-state index contributed by atoms with van der Waals surface area (Å²) in [5.74, 6) is 1.59. The minimum absolute atomic E-state index is 0.0119.